The number of anilines is 1. The van der Waals surface area contributed by atoms with E-state index in [9.17, 15) is 36.3 Å². The summed E-state index contributed by atoms with van der Waals surface area (Å²) in [6.45, 7) is 2.41. The first-order chi connectivity index (χ1) is 15.6. The summed E-state index contributed by atoms with van der Waals surface area (Å²) in [5.74, 6) is -2.15. The molecule has 4 N–H and O–H groups in total. The SMILES string of the molecule is CCNC(=O)c1ccc(S(=O)(=O)c2ccc(NC(=O)C(C)(O)C(F)(F)F)c(Cl)c2)cc1.CNC. The van der Waals surface area contributed by atoms with Crippen molar-refractivity contribution in [1.29, 1.82) is 0 Å². The Balaban J connectivity index is 0.00000182. The zero-order valence-corrected chi connectivity index (χ0v) is 20.3. The molecule has 2 aromatic carbocycles. The van der Waals surface area contributed by atoms with Crippen LogP contribution in [0.4, 0.5) is 18.9 Å². The molecule has 1 atom stereocenters. The molecule has 34 heavy (non-hydrogen) atoms. The summed E-state index contributed by atoms with van der Waals surface area (Å²) in [5, 5.41) is 16.2. The minimum absolute atomic E-state index is 0.145. The number of aliphatic hydroxyl groups is 1. The molecule has 13 heteroatoms. The van der Waals surface area contributed by atoms with E-state index >= 15 is 0 Å². The van der Waals surface area contributed by atoms with Gasteiger partial charge >= 0.3 is 6.18 Å². The molecular formula is C21H25ClF3N3O5S. The number of halogens is 4. The molecule has 0 fully saturated rings. The Morgan fingerprint density at radius 3 is 1.97 bits per heavy atom. The monoisotopic (exact) mass is 523 g/mol. The number of carbonyl (C=O) groups excluding carboxylic acids is 2. The van der Waals surface area contributed by atoms with Crippen LogP contribution in [0.25, 0.3) is 0 Å². The topological polar surface area (TPSA) is 125 Å². The maximum Gasteiger partial charge on any atom is 0.426 e. The summed E-state index contributed by atoms with van der Waals surface area (Å²) < 4.78 is 63.9. The third-order valence-corrected chi connectivity index (χ3v) is 6.34. The molecule has 2 aromatic rings. The summed E-state index contributed by atoms with van der Waals surface area (Å²) in [7, 11) is -0.321. The van der Waals surface area contributed by atoms with Crippen molar-refractivity contribution < 1.29 is 36.3 Å². The van der Waals surface area contributed by atoms with Crippen molar-refractivity contribution >= 4 is 38.9 Å². The van der Waals surface area contributed by atoms with Crippen molar-refractivity contribution in [1.82, 2.24) is 10.6 Å². The van der Waals surface area contributed by atoms with Crippen LogP contribution in [-0.4, -0.2) is 57.8 Å². The van der Waals surface area contributed by atoms with Crippen molar-refractivity contribution in [3.05, 3.63) is 53.1 Å². The van der Waals surface area contributed by atoms with Gasteiger partial charge in [-0.25, -0.2) is 8.42 Å². The number of rotatable bonds is 6. The lowest BCUT2D eigenvalue weighted by Gasteiger charge is -2.25. The van der Waals surface area contributed by atoms with E-state index in [1.165, 1.54) is 24.3 Å². The highest BCUT2D eigenvalue weighted by Crippen LogP contribution is 2.33. The second kappa shape index (κ2) is 11.6. The van der Waals surface area contributed by atoms with Crippen molar-refractivity contribution in [2.75, 3.05) is 26.0 Å². The Bertz CT molecular complexity index is 1120. The summed E-state index contributed by atoms with van der Waals surface area (Å²) in [4.78, 5) is 23.1. The zero-order chi connectivity index (χ0) is 26.3. The van der Waals surface area contributed by atoms with Gasteiger partial charge < -0.3 is 21.1 Å². The van der Waals surface area contributed by atoms with Gasteiger partial charge in [-0.2, -0.15) is 13.2 Å². The number of hydrogen-bond donors (Lipinski definition) is 4. The van der Waals surface area contributed by atoms with E-state index < -0.39 is 27.5 Å². The molecule has 0 radical (unpaired) electrons. The Morgan fingerprint density at radius 1 is 1.03 bits per heavy atom. The Kier molecular flexibility index (Phi) is 10.1. The number of benzene rings is 2. The van der Waals surface area contributed by atoms with Crippen LogP contribution < -0.4 is 16.0 Å². The van der Waals surface area contributed by atoms with E-state index in [2.05, 4.69) is 10.6 Å². The molecule has 0 saturated carbocycles. The lowest BCUT2D eigenvalue weighted by molar-refractivity contribution is -0.242. The zero-order valence-electron chi connectivity index (χ0n) is 18.7. The number of hydrogen-bond acceptors (Lipinski definition) is 6. The lowest BCUT2D eigenvalue weighted by atomic mass is 10.1. The van der Waals surface area contributed by atoms with E-state index in [1.54, 1.807) is 6.92 Å². The summed E-state index contributed by atoms with van der Waals surface area (Å²) >= 11 is 5.94. The first-order valence-electron chi connectivity index (χ1n) is 9.75. The summed E-state index contributed by atoms with van der Waals surface area (Å²) in [5.41, 5.74) is -3.73. The highest BCUT2D eigenvalue weighted by molar-refractivity contribution is 7.91. The Labute approximate surface area is 200 Å². The van der Waals surface area contributed by atoms with E-state index in [1.807, 2.05) is 19.4 Å². The minimum atomic E-state index is -5.23. The Hall–Kier alpha value is -2.67. The highest BCUT2D eigenvalue weighted by Gasteiger charge is 2.55. The van der Waals surface area contributed by atoms with Crippen molar-refractivity contribution in [2.45, 2.75) is 35.4 Å². The van der Waals surface area contributed by atoms with Gasteiger partial charge in [-0.1, -0.05) is 11.6 Å². The predicted octanol–water partition coefficient (Wildman–Crippen LogP) is 3.01. The molecule has 2 rings (SSSR count). The smallest absolute Gasteiger partial charge is 0.373 e. The number of nitrogens with one attached hydrogen (secondary N) is 3. The van der Waals surface area contributed by atoms with Gasteiger partial charge in [-0.3, -0.25) is 9.59 Å². The maximum atomic E-state index is 12.8. The molecule has 0 heterocycles. The van der Waals surface area contributed by atoms with Crippen LogP contribution in [0, 0.1) is 0 Å². The Morgan fingerprint density at radius 2 is 1.53 bits per heavy atom. The highest BCUT2D eigenvalue weighted by atomic mass is 35.5. The molecule has 8 nitrogen and oxygen atoms in total. The predicted molar refractivity (Wildman–Crippen MR) is 122 cm³/mol. The molecule has 0 bridgehead atoms. The molecule has 1 unspecified atom stereocenters. The number of amides is 2. The normalized spacial score (nSPS) is 13.2. The van der Waals surface area contributed by atoms with Crippen LogP contribution in [0.2, 0.25) is 5.02 Å². The summed E-state index contributed by atoms with van der Waals surface area (Å²) in [6, 6.07) is 8.10. The third-order valence-electron chi connectivity index (χ3n) is 4.26. The van der Waals surface area contributed by atoms with E-state index in [0.29, 0.717) is 6.54 Å². The third kappa shape index (κ3) is 6.92. The van der Waals surface area contributed by atoms with Gasteiger partial charge in [0.2, 0.25) is 15.4 Å². The molecule has 0 aromatic heterocycles. The average molecular weight is 524 g/mol. The lowest BCUT2D eigenvalue weighted by Crippen LogP contribution is -2.52. The van der Waals surface area contributed by atoms with Gasteiger partial charge in [0.1, 0.15) is 0 Å². The largest absolute Gasteiger partial charge is 0.426 e. The molecule has 0 aliphatic rings. The number of alkyl halides is 3. The maximum absolute atomic E-state index is 12.8. The molecule has 0 spiro atoms. The van der Waals surface area contributed by atoms with Crippen molar-refractivity contribution in [3.63, 3.8) is 0 Å². The van der Waals surface area contributed by atoms with Gasteiger partial charge in [0.15, 0.2) is 0 Å². The number of carbonyl (C=O) groups is 2. The quantitative estimate of drug-likeness (QED) is 0.461. The first-order valence-corrected chi connectivity index (χ1v) is 11.6. The minimum Gasteiger partial charge on any atom is -0.373 e. The van der Waals surface area contributed by atoms with Crippen LogP contribution in [0.5, 0.6) is 0 Å². The average Bonchev–Trinajstić information content (AvgIpc) is 2.75. The van der Waals surface area contributed by atoms with Crippen molar-refractivity contribution in [2.24, 2.45) is 0 Å². The first kappa shape index (κ1) is 29.4. The molecule has 0 aliphatic heterocycles. The fourth-order valence-corrected chi connectivity index (χ4v) is 3.90. The standard InChI is InChI=1S/C19H18ClF3N2O5S.C2H7N/c1-3-24-16(26)11-4-6-12(7-5-11)31(29,30)13-8-9-15(14(20)10-13)25-17(27)18(2,28)19(21,22)23;1-3-2/h4-10,28H,3H2,1-2H3,(H,24,26)(H,25,27);3H,1-2H3. The van der Waals surface area contributed by atoms with Gasteiger partial charge in [-0.05, 0) is 70.4 Å². The van der Waals surface area contributed by atoms with E-state index in [-0.39, 0.29) is 38.9 Å². The molecule has 0 saturated heterocycles. The fourth-order valence-electron chi connectivity index (χ4n) is 2.32. The molecule has 0 aliphatic carbocycles. The van der Waals surface area contributed by atoms with Crippen LogP contribution in [0.1, 0.15) is 24.2 Å². The van der Waals surface area contributed by atoms with Crippen LogP contribution in [0.3, 0.4) is 0 Å². The van der Waals surface area contributed by atoms with Crippen LogP contribution in [-0.2, 0) is 14.6 Å². The second-order valence-corrected chi connectivity index (χ2v) is 9.41. The van der Waals surface area contributed by atoms with E-state index in [0.717, 1.165) is 18.2 Å². The van der Waals surface area contributed by atoms with Crippen molar-refractivity contribution in [3.8, 4) is 0 Å². The van der Waals surface area contributed by atoms with Gasteiger partial charge in [0.05, 0.1) is 20.5 Å². The molecule has 2 amide bonds. The number of sulfone groups is 1. The fraction of sp³-hybridized carbons (Fsp3) is 0.333. The second-order valence-electron chi connectivity index (χ2n) is 7.05. The van der Waals surface area contributed by atoms with Gasteiger partial charge in [0, 0.05) is 12.1 Å². The van der Waals surface area contributed by atoms with Gasteiger partial charge in [0.25, 0.3) is 11.8 Å². The summed E-state index contributed by atoms with van der Waals surface area (Å²) in [6.07, 6.45) is -5.23. The molecular weight excluding hydrogens is 499 g/mol. The van der Waals surface area contributed by atoms with Crippen LogP contribution in [0.15, 0.2) is 52.3 Å². The van der Waals surface area contributed by atoms with Gasteiger partial charge in [-0.15, -0.1) is 0 Å². The van der Waals surface area contributed by atoms with Crippen LogP contribution >= 0.6 is 11.6 Å². The van der Waals surface area contributed by atoms with E-state index in [4.69, 9.17) is 11.6 Å². The molecule has 188 valence electrons.